The van der Waals surface area contributed by atoms with Crippen LogP contribution in [0.1, 0.15) is 39.4 Å². The molecule has 0 fully saturated rings. The molecular weight excluding hydrogens is 240 g/mol. The molecule has 19 heavy (non-hydrogen) atoms. The molecule has 3 N–H and O–H groups in total. The van der Waals surface area contributed by atoms with Crippen LogP contribution >= 0.6 is 0 Å². The van der Waals surface area contributed by atoms with Gasteiger partial charge < -0.3 is 15.5 Å². The maximum Gasteiger partial charge on any atom is 0.224 e. The van der Waals surface area contributed by atoms with Crippen molar-refractivity contribution < 1.29 is 9.21 Å². The molecule has 1 amide bonds. The van der Waals surface area contributed by atoms with Gasteiger partial charge in [-0.25, -0.2) is 0 Å². The molecule has 0 bridgehead atoms. The lowest BCUT2D eigenvalue weighted by Crippen LogP contribution is -2.40. The van der Waals surface area contributed by atoms with Gasteiger partial charge in [-0.3, -0.25) is 4.79 Å². The molecule has 1 aromatic rings. The van der Waals surface area contributed by atoms with E-state index in [1.165, 1.54) is 0 Å². The highest BCUT2D eigenvalue weighted by molar-refractivity contribution is 5.79. The van der Waals surface area contributed by atoms with E-state index in [-0.39, 0.29) is 17.9 Å². The van der Waals surface area contributed by atoms with Gasteiger partial charge in [0.15, 0.2) is 0 Å². The van der Waals surface area contributed by atoms with Crippen LogP contribution in [0.25, 0.3) is 0 Å². The fourth-order valence-corrected chi connectivity index (χ4v) is 2.13. The van der Waals surface area contributed by atoms with E-state index >= 15 is 0 Å². The number of aryl methyl sites for hydroxylation is 1. The van der Waals surface area contributed by atoms with Crippen LogP contribution in [-0.2, 0) is 11.2 Å². The summed E-state index contributed by atoms with van der Waals surface area (Å²) in [6, 6.07) is 3.97. The maximum absolute atomic E-state index is 12.1. The number of amides is 1. The molecule has 4 nitrogen and oxygen atoms in total. The Hall–Kier alpha value is -1.29. The van der Waals surface area contributed by atoms with Gasteiger partial charge in [0.25, 0.3) is 0 Å². The lowest BCUT2D eigenvalue weighted by molar-refractivity contribution is -0.125. The Morgan fingerprint density at radius 2 is 2.16 bits per heavy atom. The first-order valence-electron chi connectivity index (χ1n) is 7.05. The Labute approximate surface area is 115 Å². The van der Waals surface area contributed by atoms with Gasteiger partial charge in [-0.1, -0.05) is 13.8 Å². The molecule has 1 aromatic heterocycles. The molecule has 1 heterocycles. The summed E-state index contributed by atoms with van der Waals surface area (Å²) in [7, 11) is 0. The molecule has 0 aliphatic rings. The minimum Gasteiger partial charge on any atom is -0.469 e. The first-order valence-corrected chi connectivity index (χ1v) is 7.05. The van der Waals surface area contributed by atoms with Crippen LogP contribution in [0.15, 0.2) is 22.8 Å². The number of hydrogen-bond acceptors (Lipinski definition) is 3. The van der Waals surface area contributed by atoms with Crippen molar-refractivity contribution in [3.63, 3.8) is 0 Å². The number of rotatable bonds is 8. The van der Waals surface area contributed by atoms with Crippen LogP contribution in [0, 0.1) is 11.8 Å². The van der Waals surface area contributed by atoms with Crippen LogP contribution in [0.3, 0.4) is 0 Å². The molecular formula is C15H26N2O2. The third-order valence-electron chi connectivity index (χ3n) is 3.20. The van der Waals surface area contributed by atoms with E-state index in [1.54, 1.807) is 6.26 Å². The number of nitrogens with one attached hydrogen (secondary N) is 1. The monoisotopic (exact) mass is 266 g/mol. The molecule has 4 heteroatoms. The SMILES string of the molecule is CC(C)CC(CN)C(=O)NC(C)CCc1ccco1. The van der Waals surface area contributed by atoms with Crippen molar-refractivity contribution in [1.82, 2.24) is 5.32 Å². The number of carbonyl (C=O) groups is 1. The van der Waals surface area contributed by atoms with Gasteiger partial charge in [0.2, 0.25) is 5.91 Å². The summed E-state index contributed by atoms with van der Waals surface area (Å²) in [6.45, 7) is 6.64. The van der Waals surface area contributed by atoms with Gasteiger partial charge in [0.05, 0.1) is 12.2 Å². The second-order valence-electron chi connectivity index (χ2n) is 5.59. The lowest BCUT2D eigenvalue weighted by Gasteiger charge is -2.20. The Bertz CT molecular complexity index is 360. The van der Waals surface area contributed by atoms with E-state index in [2.05, 4.69) is 19.2 Å². The molecule has 0 aliphatic carbocycles. The highest BCUT2D eigenvalue weighted by atomic mass is 16.3. The smallest absolute Gasteiger partial charge is 0.224 e. The summed E-state index contributed by atoms with van der Waals surface area (Å²) in [5.41, 5.74) is 5.67. The zero-order chi connectivity index (χ0) is 14.3. The zero-order valence-corrected chi connectivity index (χ0v) is 12.2. The molecule has 0 aromatic carbocycles. The zero-order valence-electron chi connectivity index (χ0n) is 12.2. The Kier molecular flexibility index (Phi) is 6.64. The van der Waals surface area contributed by atoms with Crippen molar-refractivity contribution >= 4 is 5.91 Å². The van der Waals surface area contributed by atoms with Crippen molar-refractivity contribution in [3.8, 4) is 0 Å². The molecule has 0 spiro atoms. The number of nitrogens with two attached hydrogens (primary N) is 1. The summed E-state index contributed by atoms with van der Waals surface area (Å²) in [5, 5.41) is 3.04. The largest absolute Gasteiger partial charge is 0.469 e. The van der Waals surface area contributed by atoms with E-state index < -0.39 is 0 Å². The summed E-state index contributed by atoms with van der Waals surface area (Å²) in [5.74, 6) is 1.44. The normalized spacial score (nSPS) is 14.4. The molecule has 1 rings (SSSR count). The second kappa shape index (κ2) is 8.00. The average molecular weight is 266 g/mol. The van der Waals surface area contributed by atoms with Crippen molar-refractivity contribution in [3.05, 3.63) is 24.2 Å². The molecule has 0 aliphatic heterocycles. The van der Waals surface area contributed by atoms with E-state index in [4.69, 9.17) is 10.2 Å². The first-order chi connectivity index (χ1) is 9.02. The van der Waals surface area contributed by atoms with Crippen molar-refractivity contribution in [2.45, 2.75) is 46.1 Å². The Morgan fingerprint density at radius 1 is 1.42 bits per heavy atom. The van der Waals surface area contributed by atoms with Gasteiger partial charge in [-0.2, -0.15) is 0 Å². The summed E-state index contributed by atoms with van der Waals surface area (Å²) in [4.78, 5) is 12.1. The predicted octanol–water partition coefficient (Wildman–Crippen LogP) is 2.34. The van der Waals surface area contributed by atoms with E-state index in [0.29, 0.717) is 12.5 Å². The average Bonchev–Trinajstić information content (AvgIpc) is 2.86. The first kappa shape index (κ1) is 15.8. The van der Waals surface area contributed by atoms with Crippen LogP contribution in [0.5, 0.6) is 0 Å². The van der Waals surface area contributed by atoms with Gasteiger partial charge in [0.1, 0.15) is 5.76 Å². The van der Waals surface area contributed by atoms with Crippen LogP contribution in [-0.4, -0.2) is 18.5 Å². The number of furan rings is 1. The second-order valence-corrected chi connectivity index (χ2v) is 5.59. The van der Waals surface area contributed by atoms with Crippen molar-refractivity contribution in [1.29, 1.82) is 0 Å². The van der Waals surface area contributed by atoms with Crippen LogP contribution in [0.4, 0.5) is 0 Å². The maximum atomic E-state index is 12.1. The molecule has 108 valence electrons. The van der Waals surface area contributed by atoms with E-state index in [1.807, 2.05) is 19.1 Å². The van der Waals surface area contributed by atoms with E-state index in [9.17, 15) is 4.79 Å². The van der Waals surface area contributed by atoms with Gasteiger partial charge in [-0.15, -0.1) is 0 Å². The molecule has 0 radical (unpaired) electrons. The van der Waals surface area contributed by atoms with Gasteiger partial charge in [-0.05, 0) is 37.8 Å². The molecule has 0 saturated heterocycles. The van der Waals surface area contributed by atoms with Gasteiger partial charge >= 0.3 is 0 Å². The van der Waals surface area contributed by atoms with Crippen molar-refractivity contribution in [2.75, 3.05) is 6.54 Å². The quantitative estimate of drug-likeness (QED) is 0.759. The highest BCUT2D eigenvalue weighted by Crippen LogP contribution is 2.12. The molecule has 2 unspecified atom stereocenters. The number of hydrogen-bond donors (Lipinski definition) is 2. The minimum atomic E-state index is -0.0777. The number of carbonyl (C=O) groups excluding carboxylic acids is 1. The fraction of sp³-hybridized carbons (Fsp3) is 0.667. The molecule has 2 atom stereocenters. The Morgan fingerprint density at radius 3 is 2.68 bits per heavy atom. The van der Waals surface area contributed by atoms with E-state index in [0.717, 1.165) is 25.0 Å². The fourth-order valence-electron chi connectivity index (χ4n) is 2.13. The lowest BCUT2D eigenvalue weighted by atomic mass is 9.96. The van der Waals surface area contributed by atoms with Crippen LogP contribution in [0.2, 0.25) is 0 Å². The highest BCUT2D eigenvalue weighted by Gasteiger charge is 2.19. The molecule has 0 saturated carbocycles. The third-order valence-corrected chi connectivity index (χ3v) is 3.20. The third kappa shape index (κ3) is 5.92. The van der Waals surface area contributed by atoms with Gasteiger partial charge in [0, 0.05) is 19.0 Å². The predicted molar refractivity (Wildman–Crippen MR) is 76.6 cm³/mol. The summed E-state index contributed by atoms with van der Waals surface area (Å²) < 4.78 is 5.28. The van der Waals surface area contributed by atoms with Crippen LogP contribution < -0.4 is 11.1 Å². The topological polar surface area (TPSA) is 68.3 Å². The van der Waals surface area contributed by atoms with Crippen molar-refractivity contribution in [2.24, 2.45) is 17.6 Å². The minimum absolute atomic E-state index is 0.0724. The summed E-state index contributed by atoms with van der Waals surface area (Å²) >= 11 is 0. The summed E-state index contributed by atoms with van der Waals surface area (Å²) in [6.07, 6.45) is 4.23. The Balaban J connectivity index is 2.33. The standard InChI is InChI=1S/C15H26N2O2/c1-11(2)9-13(10-16)15(18)17-12(3)6-7-14-5-4-8-19-14/h4-5,8,11-13H,6-7,9-10,16H2,1-3H3,(H,17,18).